The van der Waals surface area contributed by atoms with Crippen LogP contribution in [0.15, 0.2) is 60.8 Å². The van der Waals surface area contributed by atoms with E-state index in [0.717, 1.165) is 38.7 Å². The molecule has 0 radical (unpaired) electrons. The molecule has 7 nitrogen and oxygen atoms in total. The van der Waals surface area contributed by atoms with Gasteiger partial charge in [0.1, 0.15) is 23.1 Å². The van der Waals surface area contributed by atoms with Crippen molar-refractivity contribution in [1.29, 1.82) is 5.26 Å². The molecule has 38 heavy (non-hydrogen) atoms. The molecule has 0 aliphatic carbocycles. The highest BCUT2D eigenvalue weighted by atomic mass is 19.1. The van der Waals surface area contributed by atoms with Gasteiger partial charge in [-0.15, -0.1) is 0 Å². The molecule has 0 aliphatic rings. The highest BCUT2D eigenvalue weighted by molar-refractivity contribution is 6.11. The minimum absolute atomic E-state index is 0.276. The van der Waals surface area contributed by atoms with Crippen LogP contribution < -0.4 is 10.5 Å². The maximum atomic E-state index is 14.6. The summed E-state index contributed by atoms with van der Waals surface area (Å²) in [6, 6.07) is 16.0. The third kappa shape index (κ3) is 5.02. The topological polar surface area (TPSA) is 107 Å². The molecule has 2 N–H and O–H groups in total. The smallest absolute Gasteiger partial charge is 0.224 e. The lowest BCUT2D eigenvalue weighted by Crippen LogP contribution is -2.18. The second-order valence-electron chi connectivity index (χ2n) is 8.81. The summed E-state index contributed by atoms with van der Waals surface area (Å²) in [6.45, 7) is 3.64. The first kappa shape index (κ1) is 26.2. The van der Waals surface area contributed by atoms with E-state index in [1.54, 1.807) is 56.2 Å². The average Bonchev–Trinajstić information content (AvgIpc) is 3.24. The van der Waals surface area contributed by atoms with Crippen molar-refractivity contribution in [2.24, 2.45) is 12.8 Å². The van der Waals surface area contributed by atoms with Crippen LogP contribution in [0, 0.1) is 29.9 Å². The van der Waals surface area contributed by atoms with Crippen molar-refractivity contribution in [3.63, 3.8) is 0 Å². The first-order valence-electron chi connectivity index (χ1n) is 11.7. The number of nitriles is 1. The normalized spacial score (nSPS) is 11.5. The third-order valence-corrected chi connectivity index (χ3v) is 6.35. The number of aromatic nitrogens is 3. The summed E-state index contributed by atoms with van der Waals surface area (Å²) in [5.74, 6) is -0.791. The Kier molecular flexibility index (Phi) is 7.35. The SMILES string of the molecule is CC(C(N)=O)c1ccc(F)cc1.COc1cc2ncc3c(c(-c4ccc(C#N)cc4F)nn3C)c2cc1C. The number of pyridine rings is 1. The Bertz CT molecular complexity index is 1710. The van der Waals surface area contributed by atoms with E-state index < -0.39 is 11.7 Å². The van der Waals surface area contributed by atoms with Crippen LogP contribution in [-0.2, 0) is 11.8 Å². The molecule has 2 heterocycles. The van der Waals surface area contributed by atoms with E-state index >= 15 is 0 Å². The average molecular weight is 514 g/mol. The van der Waals surface area contributed by atoms with Crippen molar-refractivity contribution < 1.29 is 18.3 Å². The number of nitrogens with zero attached hydrogens (tertiary/aromatic N) is 4. The first-order valence-corrected chi connectivity index (χ1v) is 11.7. The van der Waals surface area contributed by atoms with Crippen molar-refractivity contribution in [3.8, 4) is 23.1 Å². The van der Waals surface area contributed by atoms with Crippen LogP contribution in [0.3, 0.4) is 0 Å². The molecule has 1 amide bonds. The van der Waals surface area contributed by atoms with Gasteiger partial charge in [-0.2, -0.15) is 10.4 Å². The van der Waals surface area contributed by atoms with Crippen LogP contribution >= 0.6 is 0 Å². The Balaban J connectivity index is 0.000000236. The van der Waals surface area contributed by atoms with Gasteiger partial charge >= 0.3 is 0 Å². The number of rotatable bonds is 4. The number of halogens is 2. The highest BCUT2D eigenvalue weighted by Gasteiger charge is 2.19. The number of methoxy groups -OCH3 is 1. The second kappa shape index (κ2) is 10.6. The summed E-state index contributed by atoms with van der Waals surface area (Å²) in [5, 5.41) is 15.2. The van der Waals surface area contributed by atoms with Crippen LogP contribution in [0.4, 0.5) is 8.78 Å². The first-order chi connectivity index (χ1) is 18.1. The molecule has 0 spiro atoms. The monoisotopic (exact) mass is 513 g/mol. The van der Waals surface area contributed by atoms with E-state index in [1.807, 2.05) is 25.1 Å². The molecule has 0 fully saturated rings. The van der Waals surface area contributed by atoms with Gasteiger partial charge in [-0.3, -0.25) is 14.5 Å². The van der Waals surface area contributed by atoms with Crippen LogP contribution in [0.5, 0.6) is 5.75 Å². The van der Waals surface area contributed by atoms with Crippen LogP contribution in [-0.4, -0.2) is 27.8 Å². The van der Waals surface area contributed by atoms with Crippen molar-refractivity contribution in [2.45, 2.75) is 19.8 Å². The molecular weight excluding hydrogens is 488 g/mol. The van der Waals surface area contributed by atoms with Crippen molar-refractivity contribution in [2.75, 3.05) is 7.11 Å². The zero-order valence-corrected chi connectivity index (χ0v) is 21.3. The molecule has 0 saturated carbocycles. The molecule has 0 aliphatic heterocycles. The van der Waals surface area contributed by atoms with Gasteiger partial charge in [0.2, 0.25) is 5.91 Å². The number of ether oxygens (including phenoxy) is 1. The molecule has 1 unspecified atom stereocenters. The lowest BCUT2D eigenvalue weighted by Gasteiger charge is -2.08. The molecule has 192 valence electrons. The molecule has 0 saturated heterocycles. The summed E-state index contributed by atoms with van der Waals surface area (Å²) in [5.41, 5.74) is 9.50. The number of hydrogen-bond donors (Lipinski definition) is 1. The summed E-state index contributed by atoms with van der Waals surface area (Å²) in [6.07, 6.45) is 1.73. The van der Waals surface area contributed by atoms with Crippen molar-refractivity contribution >= 4 is 27.7 Å². The largest absolute Gasteiger partial charge is 0.496 e. The maximum absolute atomic E-state index is 14.6. The molecule has 5 rings (SSSR count). The highest BCUT2D eigenvalue weighted by Crippen LogP contribution is 2.36. The van der Waals surface area contributed by atoms with E-state index in [0.29, 0.717) is 11.3 Å². The fourth-order valence-corrected chi connectivity index (χ4v) is 4.17. The van der Waals surface area contributed by atoms with Gasteiger partial charge < -0.3 is 10.5 Å². The number of amides is 1. The van der Waals surface area contributed by atoms with E-state index in [-0.39, 0.29) is 17.3 Å². The van der Waals surface area contributed by atoms with Gasteiger partial charge in [-0.05, 0) is 61.4 Å². The molecule has 0 bridgehead atoms. The zero-order valence-electron chi connectivity index (χ0n) is 21.3. The molecular formula is C29H25F2N5O2. The Morgan fingerprint density at radius 1 is 1.13 bits per heavy atom. The minimum atomic E-state index is -0.473. The van der Waals surface area contributed by atoms with Gasteiger partial charge in [0.15, 0.2) is 0 Å². The quantitative estimate of drug-likeness (QED) is 0.340. The van der Waals surface area contributed by atoms with Crippen molar-refractivity contribution in [3.05, 3.63) is 89.1 Å². The number of carbonyl (C=O) groups excluding carboxylic acids is 1. The predicted molar refractivity (Wildman–Crippen MR) is 141 cm³/mol. The summed E-state index contributed by atoms with van der Waals surface area (Å²) in [7, 11) is 3.42. The predicted octanol–water partition coefficient (Wildman–Crippen LogP) is 5.53. The molecule has 3 aromatic carbocycles. The number of primary amides is 1. The third-order valence-electron chi connectivity index (χ3n) is 6.35. The molecule has 9 heteroatoms. The molecule has 2 aromatic heterocycles. The van der Waals surface area contributed by atoms with E-state index in [1.165, 1.54) is 18.2 Å². The number of carbonyl (C=O) groups is 1. The van der Waals surface area contributed by atoms with E-state index in [4.69, 9.17) is 15.7 Å². The summed E-state index contributed by atoms with van der Waals surface area (Å²) < 4.78 is 34.1. The van der Waals surface area contributed by atoms with Gasteiger partial charge in [0, 0.05) is 29.4 Å². The summed E-state index contributed by atoms with van der Waals surface area (Å²) in [4.78, 5) is 15.2. The van der Waals surface area contributed by atoms with E-state index in [9.17, 15) is 13.6 Å². The van der Waals surface area contributed by atoms with Crippen molar-refractivity contribution in [1.82, 2.24) is 14.8 Å². The minimum Gasteiger partial charge on any atom is -0.496 e. The van der Waals surface area contributed by atoms with Gasteiger partial charge in [-0.25, -0.2) is 8.78 Å². The standard InChI is InChI=1S/C20H15FN4O.C9H10FNO/c1-11-6-14-16(8-18(11)26-3)23-10-17-19(14)20(24-25(17)2)13-5-4-12(9-22)7-15(13)21;1-6(9(11)12)7-2-4-8(10)5-3-7/h4-8,10H,1-3H3;2-6H,1H3,(H2,11,12). The number of aryl methyl sites for hydroxylation is 2. The number of fused-ring (bicyclic) bond motifs is 3. The van der Waals surface area contributed by atoms with E-state index in [2.05, 4.69) is 10.1 Å². The molecule has 5 aromatic rings. The lowest BCUT2D eigenvalue weighted by molar-refractivity contribution is -0.119. The Morgan fingerprint density at radius 3 is 2.45 bits per heavy atom. The molecule has 1 atom stereocenters. The van der Waals surface area contributed by atoms with Gasteiger partial charge in [0.05, 0.1) is 41.9 Å². The number of benzene rings is 3. The Morgan fingerprint density at radius 2 is 1.84 bits per heavy atom. The van der Waals surface area contributed by atoms with Gasteiger partial charge in [0.25, 0.3) is 0 Å². The fraction of sp³-hybridized carbons (Fsp3) is 0.172. The lowest BCUT2D eigenvalue weighted by atomic mass is 10.0. The van der Waals surface area contributed by atoms with Gasteiger partial charge in [-0.1, -0.05) is 12.1 Å². The maximum Gasteiger partial charge on any atom is 0.224 e. The van der Waals surface area contributed by atoms with Crippen LogP contribution in [0.2, 0.25) is 0 Å². The Hall–Kier alpha value is -4.84. The summed E-state index contributed by atoms with van der Waals surface area (Å²) >= 11 is 0. The zero-order chi connectivity index (χ0) is 27.6. The van der Waals surface area contributed by atoms with Crippen LogP contribution in [0.1, 0.15) is 29.5 Å². The van der Waals surface area contributed by atoms with Crippen LogP contribution in [0.25, 0.3) is 33.1 Å². The number of hydrogen-bond acceptors (Lipinski definition) is 5. The Labute approximate surface area is 218 Å². The number of nitrogens with two attached hydrogens (primary N) is 1. The fourth-order valence-electron chi connectivity index (χ4n) is 4.17. The second-order valence-corrected chi connectivity index (χ2v) is 8.81.